The minimum atomic E-state index is -0.690. The lowest BCUT2D eigenvalue weighted by Crippen LogP contribution is -2.44. The second-order valence-corrected chi connectivity index (χ2v) is 6.29. The fourth-order valence-electron chi connectivity index (χ4n) is 3.12. The topological polar surface area (TPSA) is 54.0 Å². The minimum absolute atomic E-state index is 0.414. The van der Waals surface area contributed by atoms with Crippen molar-refractivity contribution in [2.24, 2.45) is 0 Å². The van der Waals surface area contributed by atoms with Crippen molar-refractivity contribution in [3.05, 3.63) is 59.2 Å². The van der Waals surface area contributed by atoms with Crippen LogP contribution in [0.3, 0.4) is 0 Å². The number of benzene rings is 2. The number of thiocarbonyl (C=S) groups is 1. The number of ether oxygens (including phenoxy) is 2. The van der Waals surface area contributed by atoms with Crippen LogP contribution in [0.25, 0.3) is 0 Å². The summed E-state index contributed by atoms with van der Waals surface area (Å²) in [6.45, 7) is 1.62. The molecule has 2 N–H and O–H groups in total. The standard InChI is InChI=1S/C19H22N2O3S/c1-23-16-8-9-17(24-2)18-14(16)11-21(12-15(18)22)19(25)20-10-13-6-4-3-5-7-13/h3-9,15,22H,10-12H2,1-2H3,(H,20,25). The fourth-order valence-corrected chi connectivity index (χ4v) is 3.33. The first-order chi connectivity index (χ1) is 12.1. The normalized spacial score (nSPS) is 16.1. The summed E-state index contributed by atoms with van der Waals surface area (Å²) in [5.41, 5.74) is 2.84. The SMILES string of the molecule is COc1ccc(OC)c2c1CN(C(=S)NCc1ccccc1)CC2O. The van der Waals surface area contributed by atoms with E-state index in [2.05, 4.69) is 5.32 Å². The lowest BCUT2D eigenvalue weighted by Gasteiger charge is -2.35. The number of aliphatic hydroxyl groups excluding tert-OH is 1. The molecule has 132 valence electrons. The third kappa shape index (κ3) is 3.70. The summed E-state index contributed by atoms with van der Waals surface area (Å²) < 4.78 is 10.9. The molecule has 25 heavy (non-hydrogen) atoms. The molecule has 1 aliphatic rings. The highest BCUT2D eigenvalue weighted by molar-refractivity contribution is 7.80. The molecule has 6 heteroatoms. The minimum Gasteiger partial charge on any atom is -0.496 e. The smallest absolute Gasteiger partial charge is 0.169 e. The van der Waals surface area contributed by atoms with Crippen LogP contribution < -0.4 is 14.8 Å². The zero-order chi connectivity index (χ0) is 17.8. The Bertz CT molecular complexity index is 752. The third-order valence-electron chi connectivity index (χ3n) is 4.36. The van der Waals surface area contributed by atoms with Crippen LogP contribution in [-0.4, -0.2) is 35.9 Å². The van der Waals surface area contributed by atoms with E-state index in [1.54, 1.807) is 14.2 Å². The zero-order valence-corrected chi connectivity index (χ0v) is 15.2. The van der Waals surface area contributed by atoms with Crippen molar-refractivity contribution < 1.29 is 14.6 Å². The molecule has 0 saturated carbocycles. The Morgan fingerprint density at radius 3 is 2.52 bits per heavy atom. The Hall–Kier alpha value is -2.31. The van der Waals surface area contributed by atoms with Gasteiger partial charge in [-0.3, -0.25) is 0 Å². The van der Waals surface area contributed by atoms with E-state index in [-0.39, 0.29) is 0 Å². The highest BCUT2D eigenvalue weighted by Crippen LogP contribution is 2.39. The molecule has 0 amide bonds. The lowest BCUT2D eigenvalue weighted by molar-refractivity contribution is 0.122. The molecule has 2 aromatic rings. The number of nitrogens with one attached hydrogen (secondary N) is 1. The number of aliphatic hydroxyl groups is 1. The summed E-state index contributed by atoms with van der Waals surface area (Å²) in [6, 6.07) is 13.8. The molecule has 2 aromatic carbocycles. The molecule has 1 unspecified atom stereocenters. The molecule has 0 radical (unpaired) electrons. The van der Waals surface area contributed by atoms with E-state index < -0.39 is 6.10 Å². The molecule has 0 spiro atoms. The molecular weight excluding hydrogens is 336 g/mol. The van der Waals surface area contributed by atoms with Crippen LogP contribution in [-0.2, 0) is 13.1 Å². The molecule has 0 saturated heterocycles. The summed E-state index contributed by atoms with van der Waals surface area (Å²) in [6.07, 6.45) is -0.690. The highest BCUT2D eigenvalue weighted by atomic mass is 32.1. The van der Waals surface area contributed by atoms with E-state index in [0.29, 0.717) is 30.5 Å². The van der Waals surface area contributed by atoms with E-state index in [4.69, 9.17) is 21.7 Å². The van der Waals surface area contributed by atoms with Gasteiger partial charge in [0.2, 0.25) is 0 Å². The molecule has 0 fully saturated rings. The maximum Gasteiger partial charge on any atom is 0.169 e. The fraction of sp³-hybridized carbons (Fsp3) is 0.316. The van der Waals surface area contributed by atoms with Crippen molar-refractivity contribution in [3.8, 4) is 11.5 Å². The van der Waals surface area contributed by atoms with E-state index >= 15 is 0 Å². The molecule has 0 aromatic heterocycles. The van der Waals surface area contributed by atoms with Gasteiger partial charge in [0.15, 0.2) is 5.11 Å². The Kier molecular flexibility index (Phi) is 5.40. The van der Waals surface area contributed by atoms with Crippen molar-refractivity contribution in [2.75, 3.05) is 20.8 Å². The van der Waals surface area contributed by atoms with Crippen LogP contribution in [0.1, 0.15) is 22.8 Å². The molecular formula is C19H22N2O3S. The van der Waals surface area contributed by atoms with Crippen LogP contribution in [0, 0.1) is 0 Å². The van der Waals surface area contributed by atoms with Crippen LogP contribution in [0.5, 0.6) is 11.5 Å². The second-order valence-electron chi connectivity index (χ2n) is 5.90. The van der Waals surface area contributed by atoms with Gasteiger partial charge in [-0.2, -0.15) is 0 Å². The van der Waals surface area contributed by atoms with Gasteiger partial charge in [-0.25, -0.2) is 0 Å². The van der Waals surface area contributed by atoms with Crippen molar-refractivity contribution in [1.82, 2.24) is 10.2 Å². The predicted octanol–water partition coefficient (Wildman–Crippen LogP) is 2.63. The maximum atomic E-state index is 10.6. The number of rotatable bonds is 4. The van der Waals surface area contributed by atoms with E-state index in [1.165, 1.54) is 0 Å². The first-order valence-electron chi connectivity index (χ1n) is 8.12. The number of fused-ring (bicyclic) bond motifs is 1. The molecule has 1 atom stereocenters. The molecule has 0 aliphatic carbocycles. The van der Waals surface area contributed by atoms with Gasteiger partial charge in [-0.05, 0) is 29.9 Å². The van der Waals surface area contributed by atoms with Gasteiger partial charge < -0.3 is 24.8 Å². The van der Waals surface area contributed by atoms with Gasteiger partial charge in [0, 0.05) is 24.2 Å². The Morgan fingerprint density at radius 2 is 1.84 bits per heavy atom. The quantitative estimate of drug-likeness (QED) is 0.820. The van der Waals surface area contributed by atoms with Gasteiger partial charge >= 0.3 is 0 Å². The Labute approximate surface area is 153 Å². The molecule has 3 rings (SSSR count). The van der Waals surface area contributed by atoms with Gasteiger partial charge in [-0.15, -0.1) is 0 Å². The summed E-state index contributed by atoms with van der Waals surface area (Å²) in [4.78, 5) is 1.95. The van der Waals surface area contributed by atoms with Crippen LogP contribution >= 0.6 is 12.2 Å². The van der Waals surface area contributed by atoms with Crippen LogP contribution in [0.2, 0.25) is 0 Å². The zero-order valence-electron chi connectivity index (χ0n) is 14.4. The summed E-state index contributed by atoms with van der Waals surface area (Å²) in [5, 5.41) is 14.5. The van der Waals surface area contributed by atoms with E-state index in [9.17, 15) is 5.11 Å². The average Bonchev–Trinajstić information content (AvgIpc) is 2.65. The Morgan fingerprint density at radius 1 is 1.16 bits per heavy atom. The third-order valence-corrected chi connectivity index (χ3v) is 4.77. The van der Waals surface area contributed by atoms with Gasteiger partial charge in [-0.1, -0.05) is 30.3 Å². The maximum absolute atomic E-state index is 10.6. The number of nitrogens with zero attached hydrogens (tertiary/aromatic N) is 1. The molecule has 5 nitrogen and oxygen atoms in total. The number of hydrogen-bond donors (Lipinski definition) is 2. The first kappa shape index (κ1) is 17.5. The number of β-amino-alcohol motifs (C(OH)–C–C–N with tert-alkyl or cyclic N) is 1. The second kappa shape index (κ2) is 7.72. The van der Waals surface area contributed by atoms with Crippen molar-refractivity contribution in [3.63, 3.8) is 0 Å². The average molecular weight is 358 g/mol. The predicted molar refractivity (Wildman–Crippen MR) is 101 cm³/mol. The monoisotopic (exact) mass is 358 g/mol. The Balaban J connectivity index is 1.77. The van der Waals surface area contributed by atoms with Crippen LogP contribution in [0.4, 0.5) is 0 Å². The van der Waals surface area contributed by atoms with E-state index in [0.717, 1.165) is 22.4 Å². The van der Waals surface area contributed by atoms with Crippen molar-refractivity contribution in [2.45, 2.75) is 19.2 Å². The molecule has 1 aliphatic heterocycles. The first-order valence-corrected chi connectivity index (χ1v) is 8.53. The van der Waals surface area contributed by atoms with Gasteiger partial charge in [0.1, 0.15) is 17.6 Å². The lowest BCUT2D eigenvalue weighted by atomic mass is 9.95. The summed E-state index contributed by atoms with van der Waals surface area (Å²) in [5.74, 6) is 1.40. The van der Waals surface area contributed by atoms with Crippen molar-refractivity contribution >= 4 is 17.3 Å². The number of methoxy groups -OCH3 is 2. The van der Waals surface area contributed by atoms with Crippen LogP contribution in [0.15, 0.2) is 42.5 Å². The summed E-state index contributed by atoms with van der Waals surface area (Å²) in [7, 11) is 3.23. The molecule has 1 heterocycles. The molecule has 0 bridgehead atoms. The largest absolute Gasteiger partial charge is 0.496 e. The number of hydrogen-bond acceptors (Lipinski definition) is 4. The van der Waals surface area contributed by atoms with Gasteiger partial charge in [0.05, 0.1) is 20.8 Å². The summed E-state index contributed by atoms with van der Waals surface area (Å²) >= 11 is 5.53. The highest BCUT2D eigenvalue weighted by Gasteiger charge is 2.30. The van der Waals surface area contributed by atoms with Crippen molar-refractivity contribution in [1.29, 1.82) is 0 Å². The van der Waals surface area contributed by atoms with Gasteiger partial charge in [0.25, 0.3) is 0 Å². The van der Waals surface area contributed by atoms with E-state index in [1.807, 2.05) is 47.4 Å².